The Bertz CT molecular complexity index is 436. The molecule has 0 unspecified atom stereocenters. The van der Waals surface area contributed by atoms with E-state index in [1.807, 2.05) is 0 Å². The highest BCUT2D eigenvalue weighted by Gasteiger charge is 2.18. The molecule has 0 aromatic heterocycles. The van der Waals surface area contributed by atoms with Crippen LogP contribution in [0.15, 0.2) is 24.3 Å². The van der Waals surface area contributed by atoms with Crippen LogP contribution in [-0.4, -0.2) is 36.2 Å². The summed E-state index contributed by atoms with van der Waals surface area (Å²) in [6.07, 6.45) is 2.22. The van der Waals surface area contributed by atoms with Gasteiger partial charge in [-0.15, -0.1) is 0 Å². The van der Waals surface area contributed by atoms with Gasteiger partial charge in [-0.1, -0.05) is 24.0 Å². The zero-order chi connectivity index (χ0) is 13.5. The number of aliphatic hydroxyl groups excluding tert-OH is 1. The van der Waals surface area contributed by atoms with Crippen molar-refractivity contribution in [3.63, 3.8) is 0 Å². The van der Waals surface area contributed by atoms with Gasteiger partial charge in [0.2, 0.25) is 0 Å². The lowest BCUT2D eigenvalue weighted by Crippen LogP contribution is -2.34. The molecule has 3 nitrogen and oxygen atoms in total. The van der Waals surface area contributed by atoms with Gasteiger partial charge in [0, 0.05) is 18.7 Å². The number of nitrogens with two attached hydrogens (primary N) is 1. The lowest BCUT2D eigenvalue weighted by molar-refractivity contribution is 0.127. The third kappa shape index (κ3) is 4.36. The van der Waals surface area contributed by atoms with Crippen LogP contribution in [0.25, 0.3) is 0 Å². The molecule has 1 aromatic rings. The Labute approximate surface area is 115 Å². The molecule has 1 aliphatic heterocycles. The zero-order valence-corrected chi connectivity index (χ0v) is 11.3. The molecule has 1 saturated heterocycles. The number of rotatable bonds is 3. The van der Waals surface area contributed by atoms with Crippen molar-refractivity contribution < 1.29 is 5.11 Å². The average molecular weight is 258 g/mol. The summed E-state index contributed by atoms with van der Waals surface area (Å²) in [6, 6.07) is 8.38. The number of likely N-dealkylation sites (tertiary alicyclic amines) is 1. The lowest BCUT2D eigenvalue weighted by atomic mass is 9.97. The van der Waals surface area contributed by atoms with Gasteiger partial charge in [0.15, 0.2) is 0 Å². The third-order valence-electron chi connectivity index (χ3n) is 3.66. The Balaban J connectivity index is 1.86. The van der Waals surface area contributed by atoms with Crippen molar-refractivity contribution in [3.05, 3.63) is 35.4 Å². The van der Waals surface area contributed by atoms with E-state index < -0.39 is 0 Å². The smallest absolute Gasteiger partial charge is 0.0555 e. The van der Waals surface area contributed by atoms with Gasteiger partial charge in [-0.2, -0.15) is 0 Å². The Morgan fingerprint density at radius 3 is 2.47 bits per heavy atom. The van der Waals surface area contributed by atoms with Crippen LogP contribution in [0.2, 0.25) is 0 Å². The highest BCUT2D eigenvalue weighted by atomic mass is 16.3. The molecule has 0 radical (unpaired) electrons. The van der Waals surface area contributed by atoms with Gasteiger partial charge in [-0.05, 0) is 49.5 Å². The van der Waals surface area contributed by atoms with Crippen molar-refractivity contribution >= 4 is 0 Å². The molecule has 0 bridgehead atoms. The van der Waals surface area contributed by atoms with Gasteiger partial charge in [0.1, 0.15) is 0 Å². The fourth-order valence-electron chi connectivity index (χ4n) is 2.43. The first kappa shape index (κ1) is 14.1. The van der Waals surface area contributed by atoms with Crippen LogP contribution in [-0.2, 0) is 6.54 Å². The Morgan fingerprint density at radius 1 is 1.21 bits per heavy atom. The summed E-state index contributed by atoms with van der Waals surface area (Å²) in [5, 5.41) is 9.13. The summed E-state index contributed by atoms with van der Waals surface area (Å²) in [5.41, 5.74) is 7.70. The predicted molar refractivity (Wildman–Crippen MR) is 77.5 cm³/mol. The van der Waals surface area contributed by atoms with Crippen LogP contribution in [0.3, 0.4) is 0 Å². The second-order valence-electron chi connectivity index (χ2n) is 5.10. The number of nitrogens with zero attached hydrogens (tertiary/aromatic N) is 1. The van der Waals surface area contributed by atoms with E-state index in [2.05, 4.69) is 41.0 Å². The summed E-state index contributed by atoms with van der Waals surface area (Å²) >= 11 is 0. The maximum Gasteiger partial charge on any atom is 0.0555 e. The summed E-state index contributed by atoms with van der Waals surface area (Å²) in [7, 11) is 0. The molecule has 102 valence electrons. The molecule has 1 fully saturated rings. The minimum atomic E-state index is 0.336. The molecule has 1 aromatic carbocycles. The normalized spacial score (nSPS) is 16.9. The Kier molecular flexibility index (Phi) is 5.41. The SMILES string of the molecule is NCC#Cc1ccc(CN2CCC(CO)CC2)cc1. The highest BCUT2D eigenvalue weighted by Crippen LogP contribution is 2.18. The summed E-state index contributed by atoms with van der Waals surface area (Å²) in [6.45, 7) is 3.90. The van der Waals surface area contributed by atoms with Crippen LogP contribution in [0.4, 0.5) is 0 Å². The second kappa shape index (κ2) is 7.30. The summed E-state index contributed by atoms with van der Waals surface area (Å²) < 4.78 is 0. The van der Waals surface area contributed by atoms with Gasteiger partial charge >= 0.3 is 0 Å². The predicted octanol–water partition coefficient (Wildman–Crippen LogP) is 1.20. The highest BCUT2D eigenvalue weighted by molar-refractivity contribution is 5.36. The first-order valence-electron chi connectivity index (χ1n) is 6.93. The Hall–Kier alpha value is -1.34. The molecular weight excluding hydrogens is 236 g/mol. The minimum Gasteiger partial charge on any atom is -0.396 e. The molecule has 1 aliphatic rings. The first-order chi connectivity index (χ1) is 9.31. The van der Waals surface area contributed by atoms with Gasteiger partial charge < -0.3 is 10.8 Å². The molecule has 0 atom stereocenters. The van der Waals surface area contributed by atoms with E-state index in [0.29, 0.717) is 19.1 Å². The molecule has 0 saturated carbocycles. The molecule has 0 aliphatic carbocycles. The van der Waals surface area contributed by atoms with Crippen LogP contribution in [0.1, 0.15) is 24.0 Å². The van der Waals surface area contributed by atoms with Crippen molar-refractivity contribution in [2.24, 2.45) is 11.7 Å². The molecule has 19 heavy (non-hydrogen) atoms. The van der Waals surface area contributed by atoms with E-state index in [4.69, 9.17) is 10.8 Å². The maximum atomic E-state index is 9.13. The van der Waals surface area contributed by atoms with E-state index in [1.165, 1.54) is 5.56 Å². The monoisotopic (exact) mass is 258 g/mol. The first-order valence-corrected chi connectivity index (χ1v) is 6.93. The van der Waals surface area contributed by atoms with Gasteiger partial charge in [0.05, 0.1) is 6.54 Å². The van der Waals surface area contributed by atoms with Crippen molar-refractivity contribution in [2.75, 3.05) is 26.2 Å². The number of hydrogen-bond donors (Lipinski definition) is 2. The second-order valence-corrected chi connectivity index (χ2v) is 5.10. The third-order valence-corrected chi connectivity index (χ3v) is 3.66. The number of piperidine rings is 1. The largest absolute Gasteiger partial charge is 0.396 e. The van der Waals surface area contributed by atoms with E-state index in [0.717, 1.165) is 38.0 Å². The van der Waals surface area contributed by atoms with E-state index in [1.54, 1.807) is 0 Å². The number of benzene rings is 1. The standard InChI is InChI=1S/C16H22N2O/c17-9-1-2-14-3-5-15(6-4-14)12-18-10-7-16(13-19)8-11-18/h3-6,16,19H,7-13,17H2. The Morgan fingerprint density at radius 2 is 1.89 bits per heavy atom. The quantitative estimate of drug-likeness (QED) is 0.801. The molecule has 3 heteroatoms. The van der Waals surface area contributed by atoms with Crippen molar-refractivity contribution in [1.29, 1.82) is 0 Å². The molecular formula is C16H22N2O. The lowest BCUT2D eigenvalue weighted by Gasteiger charge is -2.31. The average Bonchev–Trinajstić information content (AvgIpc) is 2.47. The molecule has 2 rings (SSSR count). The topological polar surface area (TPSA) is 49.5 Å². The number of hydrogen-bond acceptors (Lipinski definition) is 3. The van der Waals surface area contributed by atoms with Crippen molar-refractivity contribution in [1.82, 2.24) is 4.90 Å². The van der Waals surface area contributed by atoms with Crippen LogP contribution in [0.5, 0.6) is 0 Å². The minimum absolute atomic E-state index is 0.336. The van der Waals surface area contributed by atoms with Gasteiger partial charge in [0.25, 0.3) is 0 Å². The maximum absolute atomic E-state index is 9.13. The van der Waals surface area contributed by atoms with Crippen LogP contribution < -0.4 is 5.73 Å². The van der Waals surface area contributed by atoms with Crippen molar-refractivity contribution in [3.8, 4) is 11.8 Å². The van der Waals surface area contributed by atoms with Crippen LogP contribution in [0, 0.1) is 17.8 Å². The van der Waals surface area contributed by atoms with Crippen LogP contribution >= 0.6 is 0 Å². The number of aliphatic hydroxyl groups is 1. The zero-order valence-electron chi connectivity index (χ0n) is 11.3. The van der Waals surface area contributed by atoms with Gasteiger partial charge in [-0.25, -0.2) is 0 Å². The molecule has 3 N–H and O–H groups in total. The summed E-state index contributed by atoms with van der Waals surface area (Å²) in [4.78, 5) is 2.45. The summed E-state index contributed by atoms with van der Waals surface area (Å²) in [5.74, 6) is 6.40. The van der Waals surface area contributed by atoms with E-state index in [-0.39, 0.29) is 0 Å². The molecule has 0 spiro atoms. The van der Waals surface area contributed by atoms with Gasteiger partial charge in [-0.3, -0.25) is 4.90 Å². The van der Waals surface area contributed by atoms with E-state index in [9.17, 15) is 0 Å². The fourth-order valence-corrected chi connectivity index (χ4v) is 2.43. The van der Waals surface area contributed by atoms with E-state index >= 15 is 0 Å². The fraction of sp³-hybridized carbons (Fsp3) is 0.500. The van der Waals surface area contributed by atoms with Crippen molar-refractivity contribution in [2.45, 2.75) is 19.4 Å². The molecule has 1 heterocycles. The molecule has 0 amide bonds.